The topological polar surface area (TPSA) is 71.8 Å². The molecule has 0 atom stereocenters. The minimum absolute atomic E-state index is 0.0920. The van der Waals surface area contributed by atoms with Crippen LogP contribution in [0, 0.1) is 12.3 Å². The lowest BCUT2D eigenvalue weighted by Crippen LogP contribution is -2.45. The average molecular weight is 495 g/mol. The first kappa shape index (κ1) is 26.5. The molecule has 0 unspecified atom stereocenters. The number of hydrogen-bond acceptors (Lipinski definition) is 5. The molecule has 2 heterocycles. The summed E-state index contributed by atoms with van der Waals surface area (Å²) in [6.45, 7) is 5.17. The van der Waals surface area contributed by atoms with Gasteiger partial charge in [0.15, 0.2) is 5.76 Å². The van der Waals surface area contributed by atoms with Crippen LogP contribution in [0.15, 0.2) is 41.0 Å². The maximum Gasteiger partial charge on any atom is 0.305 e. The number of piperidine rings is 1. The van der Waals surface area contributed by atoms with Crippen molar-refractivity contribution in [1.29, 1.82) is 0 Å². The maximum atomic E-state index is 13.0. The van der Waals surface area contributed by atoms with Gasteiger partial charge in [-0.3, -0.25) is 9.59 Å². The number of ether oxygens (including phenoxy) is 1. The molecule has 2 aromatic rings. The number of hydrogen-bond donors (Lipinski definition) is 1. The lowest BCUT2D eigenvalue weighted by molar-refractivity contribution is -0.140. The van der Waals surface area contributed by atoms with Crippen molar-refractivity contribution in [2.75, 3.05) is 26.7 Å². The summed E-state index contributed by atoms with van der Waals surface area (Å²) in [6, 6.07) is 10.2. The van der Waals surface area contributed by atoms with E-state index in [1.54, 1.807) is 6.26 Å². The Bertz CT molecular complexity index is 983. The zero-order valence-corrected chi connectivity index (χ0v) is 22.0. The zero-order valence-electron chi connectivity index (χ0n) is 22.0. The average Bonchev–Trinajstić information content (AvgIpc) is 3.39. The summed E-state index contributed by atoms with van der Waals surface area (Å²) in [7, 11) is 1.47. The number of nitrogens with zero attached hydrogens (tertiary/aromatic N) is 1. The van der Waals surface area contributed by atoms with Gasteiger partial charge in [-0.05, 0) is 75.5 Å². The molecule has 196 valence electrons. The van der Waals surface area contributed by atoms with Crippen molar-refractivity contribution in [2.45, 2.75) is 83.6 Å². The van der Waals surface area contributed by atoms with Crippen molar-refractivity contribution in [3.8, 4) is 11.1 Å². The number of aryl methyl sites for hydroxylation is 1. The fourth-order valence-electron chi connectivity index (χ4n) is 6.03. The number of nitrogens with one attached hydrogen (secondary N) is 1. The molecule has 0 radical (unpaired) electrons. The van der Waals surface area contributed by atoms with E-state index < -0.39 is 0 Å². The van der Waals surface area contributed by atoms with Gasteiger partial charge in [-0.15, -0.1) is 0 Å². The highest BCUT2D eigenvalue weighted by molar-refractivity contribution is 5.98. The molecule has 6 heteroatoms. The van der Waals surface area contributed by atoms with Crippen LogP contribution in [0.4, 0.5) is 0 Å². The molecule has 36 heavy (non-hydrogen) atoms. The van der Waals surface area contributed by atoms with E-state index in [1.807, 2.05) is 18.2 Å². The largest absolute Gasteiger partial charge is 0.469 e. The number of amides is 1. The standard InChI is InChI=1S/C30H42N2O4/c1-23-8-10-24(11-9-23)26-14-22-36-28(26)29(34)31-25-12-19-32(20-13-25)21-18-30(15-4-3-5-16-30)17-6-7-27(33)35-2/h8-11,14,22,25H,3-7,12-13,15-21H2,1-2H3,(H,31,34). The summed E-state index contributed by atoms with van der Waals surface area (Å²) in [5.41, 5.74) is 3.41. The molecule has 1 aliphatic heterocycles. The lowest BCUT2D eigenvalue weighted by Gasteiger charge is -2.40. The SMILES string of the molecule is COC(=O)CCCC1(CCN2CCC(NC(=O)c3occc3-c3ccc(C)cc3)CC2)CCCCC1. The summed E-state index contributed by atoms with van der Waals surface area (Å²) >= 11 is 0. The smallest absolute Gasteiger partial charge is 0.305 e. The van der Waals surface area contributed by atoms with Gasteiger partial charge >= 0.3 is 5.97 Å². The van der Waals surface area contributed by atoms with Crippen LogP contribution in [0.1, 0.15) is 86.7 Å². The molecular weight excluding hydrogens is 452 g/mol. The number of carbonyl (C=O) groups is 2. The molecule has 1 aliphatic carbocycles. The molecule has 1 amide bonds. The maximum absolute atomic E-state index is 13.0. The second kappa shape index (κ2) is 12.6. The van der Waals surface area contributed by atoms with E-state index in [-0.39, 0.29) is 17.9 Å². The minimum atomic E-state index is -0.124. The first-order valence-electron chi connectivity index (χ1n) is 13.7. The molecule has 1 aromatic carbocycles. The Labute approximate surface area is 215 Å². The van der Waals surface area contributed by atoms with Gasteiger partial charge in [0, 0.05) is 31.1 Å². The molecule has 1 N–H and O–H groups in total. The Morgan fingerprint density at radius 1 is 1.06 bits per heavy atom. The Hall–Kier alpha value is -2.60. The van der Waals surface area contributed by atoms with Crippen LogP contribution in [0.2, 0.25) is 0 Å². The molecule has 4 rings (SSSR count). The first-order chi connectivity index (χ1) is 17.5. The molecule has 1 saturated carbocycles. The van der Waals surface area contributed by atoms with E-state index in [2.05, 4.69) is 29.3 Å². The van der Waals surface area contributed by atoms with Gasteiger partial charge < -0.3 is 19.4 Å². The van der Waals surface area contributed by atoms with Crippen molar-refractivity contribution in [1.82, 2.24) is 10.2 Å². The molecule has 2 fully saturated rings. The van der Waals surface area contributed by atoms with Crippen LogP contribution >= 0.6 is 0 Å². The van der Waals surface area contributed by atoms with Crippen molar-refractivity contribution in [3.05, 3.63) is 47.9 Å². The van der Waals surface area contributed by atoms with Crippen LogP contribution in [0.25, 0.3) is 11.1 Å². The number of rotatable bonds is 10. The molecular formula is C30H42N2O4. The fourth-order valence-corrected chi connectivity index (χ4v) is 6.03. The fraction of sp³-hybridized carbons (Fsp3) is 0.600. The predicted octanol–water partition coefficient (Wildman–Crippen LogP) is 6.13. The van der Waals surface area contributed by atoms with Crippen LogP contribution in [-0.4, -0.2) is 49.6 Å². The van der Waals surface area contributed by atoms with Crippen molar-refractivity contribution in [2.24, 2.45) is 5.41 Å². The number of methoxy groups -OCH3 is 1. The monoisotopic (exact) mass is 494 g/mol. The van der Waals surface area contributed by atoms with E-state index >= 15 is 0 Å². The number of likely N-dealkylation sites (tertiary alicyclic amines) is 1. The summed E-state index contributed by atoms with van der Waals surface area (Å²) in [4.78, 5) is 27.2. The molecule has 1 saturated heterocycles. The number of esters is 1. The molecule has 0 spiro atoms. The highest BCUT2D eigenvalue weighted by Crippen LogP contribution is 2.43. The number of carbonyl (C=O) groups excluding carboxylic acids is 2. The van der Waals surface area contributed by atoms with Crippen LogP contribution < -0.4 is 5.32 Å². The van der Waals surface area contributed by atoms with E-state index in [4.69, 9.17) is 9.15 Å². The Kier molecular flexibility index (Phi) is 9.24. The van der Waals surface area contributed by atoms with E-state index in [1.165, 1.54) is 51.2 Å². The highest BCUT2D eigenvalue weighted by Gasteiger charge is 2.33. The van der Waals surface area contributed by atoms with Crippen LogP contribution in [-0.2, 0) is 9.53 Å². The molecule has 1 aromatic heterocycles. The lowest BCUT2D eigenvalue weighted by atomic mass is 9.68. The number of furan rings is 1. The molecule has 2 aliphatic rings. The van der Waals surface area contributed by atoms with Crippen molar-refractivity contribution in [3.63, 3.8) is 0 Å². The summed E-state index contributed by atoms with van der Waals surface area (Å²) in [5, 5.41) is 3.22. The third-order valence-corrected chi connectivity index (χ3v) is 8.35. The third-order valence-electron chi connectivity index (χ3n) is 8.35. The van der Waals surface area contributed by atoms with E-state index in [0.29, 0.717) is 17.6 Å². The van der Waals surface area contributed by atoms with E-state index in [0.717, 1.165) is 56.4 Å². The van der Waals surface area contributed by atoms with Gasteiger partial charge in [-0.2, -0.15) is 0 Å². The Balaban J connectivity index is 1.25. The summed E-state index contributed by atoms with van der Waals surface area (Å²) in [5.74, 6) is 0.180. The normalized spacial score (nSPS) is 18.6. The van der Waals surface area contributed by atoms with Gasteiger partial charge in [0.05, 0.1) is 13.4 Å². The first-order valence-corrected chi connectivity index (χ1v) is 13.7. The second-order valence-electron chi connectivity index (χ2n) is 10.9. The van der Waals surface area contributed by atoms with Gasteiger partial charge in [0.25, 0.3) is 5.91 Å². The molecule has 0 bridgehead atoms. The summed E-state index contributed by atoms with van der Waals surface area (Å²) < 4.78 is 10.4. The second-order valence-corrected chi connectivity index (χ2v) is 10.9. The molecule has 6 nitrogen and oxygen atoms in total. The quantitative estimate of drug-likeness (QED) is 0.402. The van der Waals surface area contributed by atoms with Gasteiger partial charge in [0.2, 0.25) is 0 Å². The summed E-state index contributed by atoms with van der Waals surface area (Å²) in [6.07, 6.45) is 13.8. The minimum Gasteiger partial charge on any atom is -0.469 e. The highest BCUT2D eigenvalue weighted by atomic mass is 16.5. The predicted molar refractivity (Wildman–Crippen MR) is 142 cm³/mol. The zero-order chi connectivity index (χ0) is 25.4. The van der Waals surface area contributed by atoms with Crippen molar-refractivity contribution >= 4 is 11.9 Å². The van der Waals surface area contributed by atoms with Crippen molar-refractivity contribution < 1.29 is 18.7 Å². The van der Waals surface area contributed by atoms with E-state index in [9.17, 15) is 9.59 Å². The van der Waals surface area contributed by atoms with Crippen LogP contribution in [0.5, 0.6) is 0 Å². The van der Waals surface area contributed by atoms with Gasteiger partial charge in [-0.1, -0.05) is 49.1 Å². The Morgan fingerprint density at radius 3 is 2.47 bits per heavy atom. The van der Waals surface area contributed by atoms with Gasteiger partial charge in [-0.25, -0.2) is 0 Å². The Morgan fingerprint density at radius 2 is 1.78 bits per heavy atom. The third kappa shape index (κ3) is 7.00. The van der Waals surface area contributed by atoms with Crippen LogP contribution in [0.3, 0.4) is 0 Å². The van der Waals surface area contributed by atoms with Gasteiger partial charge in [0.1, 0.15) is 0 Å². The number of benzene rings is 1.